The normalized spacial score (nSPS) is 12.7. The van der Waals surface area contributed by atoms with Crippen molar-refractivity contribution in [2.24, 2.45) is 0 Å². The van der Waals surface area contributed by atoms with Crippen LogP contribution in [0.1, 0.15) is 34.7 Å². The summed E-state index contributed by atoms with van der Waals surface area (Å²) in [6.45, 7) is 6.18. The van der Waals surface area contributed by atoms with Gasteiger partial charge in [-0.05, 0) is 66.0 Å². The molecule has 0 fully saturated rings. The van der Waals surface area contributed by atoms with Crippen LogP contribution in [-0.4, -0.2) is 6.10 Å². The van der Waals surface area contributed by atoms with E-state index in [1.54, 1.807) is 11.3 Å². The Kier molecular flexibility index (Phi) is 5.09. The second kappa shape index (κ2) is 6.42. The van der Waals surface area contributed by atoms with Gasteiger partial charge >= 0.3 is 0 Å². The molecule has 0 N–H and O–H groups in total. The number of ether oxygens (including phenoxy) is 1. The molecular weight excluding hydrogens is 388 g/mol. The summed E-state index contributed by atoms with van der Waals surface area (Å²) in [5.41, 5.74) is 2.52. The molecule has 2 aromatic rings. The summed E-state index contributed by atoms with van der Waals surface area (Å²) >= 11 is 9.11. The van der Waals surface area contributed by atoms with Crippen LogP contribution >= 0.6 is 43.2 Å². The first-order valence-electron chi connectivity index (χ1n) is 6.14. The minimum absolute atomic E-state index is 0.210. The third-order valence-electron chi connectivity index (χ3n) is 2.67. The third kappa shape index (κ3) is 3.83. The molecule has 4 heteroatoms. The number of alkyl halides is 1. The van der Waals surface area contributed by atoms with E-state index < -0.39 is 0 Å². The number of rotatable bonds is 4. The van der Waals surface area contributed by atoms with Gasteiger partial charge in [0.1, 0.15) is 5.75 Å². The van der Waals surface area contributed by atoms with Crippen LogP contribution in [0.2, 0.25) is 0 Å². The van der Waals surface area contributed by atoms with Crippen molar-refractivity contribution in [2.75, 3.05) is 0 Å². The van der Waals surface area contributed by atoms with Crippen LogP contribution in [0.3, 0.4) is 0 Å². The van der Waals surface area contributed by atoms with Crippen LogP contribution < -0.4 is 4.74 Å². The highest BCUT2D eigenvalue weighted by Gasteiger charge is 2.14. The van der Waals surface area contributed by atoms with Gasteiger partial charge in [0.25, 0.3) is 0 Å². The lowest BCUT2D eigenvalue weighted by Crippen LogP contribution is -2.05. The van der Waals surface area contributed by atoms with Crippen LogP contribution in [0.25, 0.3) is 0 Å². The van der Waals surface area contributed by atoms with Gasteiger partial charge < -0.3 is 4.74 Å². The molecule has 0 saturated heterocycles. The van der Waals surface area contributed by atoms with E-state index in [9.17, 15) is 0 Å². The highest BCUT2D eigenvalue weighted by molar-refractivity contribution is 9.11. The van der Waals surface area contributed by atoms with Crippen LogP contribution in [-0.2, 0) is 0 Å². The first-order chi connectivity index (χ1) is 8.97. The van der Waals surface area contributed by atoms with Crippen molar-refractivity contribution in [3.63, 3.8) is 0 Å². The maximum Gasteiger partial charge on any atom is 0.119 e. The summed E-state index contributed by atoms with van der Waals surface area (Å²) in [5, 5.41) is 0. The Labute approximate surface area is 135 Å². The Bertz CT molecular complexity index is 526. The fourth-order valence-electron chi connectivity index (χ4n) is 1.76. The molecule has 0 bridgehead atoms. The van der Waals surface area contributed by atoms with Gasteiger partial charge in [0.15, 0.2) is 0 Å². The molecule has 1 aromatic carbocycles. The van der Waals surface area contributed by atoms with E-state index in [1.165, 1.54) is 19.8 Å². The quantitative estimate of drug-likeness (QED) is 0.561. The lowest BCUT2D eigenvalue weighted by atomic mass is 10.1. The average Bonchev–Trinajstić information content (AvgIpc) is 2.69. The summed E-state index contributed by atoms with van der Waals surface area (Å²) in [6.07, 6.45) is 0.210. The molecule has 0 aliphatic rings. The summed E-state index contributed by atoms with van der Waals surface area (Å²) in [4.78, 5) is 1.54. The Morgan fingerprint density at radius 3 is 2.26 bits per heavy atom. The van der Waals surface area contributed by atoms with E-state index in [2.05, 4.69) is 57.0 Å². The molecule has 0 aliphatic carbocycles. The molecule has 0 saturated carbocycles. The largest absolute Gasteiger partial charge is 0.491 e. The van der Waals surface area contributed by atoms with E-state index >= 15 is 0 Å². The Balaban J connectivity index is 2.17. The number of thiophene rings is 1. The molecule has 0 aliphatic heterocycles. The maximum atomic E-state index is 5.66. The van der Waals surface area contributed by atoms with E-state index in [1.807, 2.05) is 26.0 Å². The molecular formula is C15H16Br2OS. The number of hydrogen-bond donors (Lipinski definition) is 0. The van der Waals surface area contributed by atoms with Gasteiger partial charge in [-0.25, -0.2) is 0 Å². The minimum atomic E-state index is 0.210. The lowest BCUT2D eigenvalue weighted by molar-refractivity contribution is 0.242. The second-order valence-electron chi connectivity index (χ2n) is 4.70. The van der Waals surface area contributed by atoms with Crippen LogP contribution in [0, 0.1) is 6.92 Å². The van der Waals surface area contributed by atoms with Crippen molar-refractivity contribution in [2.45, 2.75) is 31.7 Å². The van der Waals surface area contributed by atoms with Gasteiger partial charge in [0.05, 0.1) is 14.7 Å². The number of halogens is 2. The van der Waals surface area contributed by atoms with Crippen molar-refractivity contribution in [3.8, 4) is 5.75 Å². The number of benzene rings is 1. The van der Waals surface area contributed by atoms with Gasteiger partial charge in [-0.15, -0.1) is 11.3 Å². The molecule has 0 amide bonds. The number of hydrogen-bond acceptors (Lipinski definition) is 2. The van der Waals surface area contributed by atoms with Crippen molar-refractivity contribution in [1.82, 2.24) is 0 Å². The van der Waals surface area contributed by atoms with Crippen molar-refractivity contribution in [3.05, 3.63) is 50.1 Å². The predicted octanol–water partition coefficient (Wildman–Crippen LogP) is 6.09. The zero-order valence-electron chi connectivity index (χ0n) is 11.1. The average molecular weight is 404 g/mol. The van der Waals surface area contributed by atoms with Gasteiger partial charge in [0, 0.05) is 4.88 Å². The fourth-order valence-corrected chi connectivity index (χ4v) is 4.06. The smallest absolute Gasteiger partial charge is 0.119 e. The Morgan fingerprint density at radius 1 is 1.16 bits per heavy atom. The molecule has 1 atom stereocenters. The molecule has 0 radical (unpaired) electrons. The Hall–Kier alpha value is -0.320. The molecule has 0 spiro atoms. The molecule has 2 rings (SSSR count). The van der Waals surface area contributed by atoms with Gasteiger partial charge in [0.2, 0.25) is 0 Å². The lowest BCUT2D eigenvalue weighted by Gasteiger charge is -2.12. The first kappa shape index (κ1) is 15.1. The zero-order chi connectivity index (χ0) is 14.0. The SMILES string of the molecule is Cc1cc(C(Br)c2ccc(OC(C)C)cc2)sc1Br. The molecule has 1 heterocycles. The molecule has 102 valence electrons. The summed E-state index contributed by atoms with van der Waals surface area (Å²) in [6, 6.07) is 10.5. The highest BCUT2D eigenvalue weighted by Crippen LogP contribution is 2.39. The minimum Gasteiger partial charge on any atom is -0.491 e. The summed E-state index contributed by atoms with van der Waals surface area (Å²) < 4.78 is 6.86. The standard InChI is InChI=1S/C15H16Br2OS/c1-9(2)18-12-6-4-11(5-7-12)14(16)13-8-10(3)15(17)19-13/h4-9,14H,1-3H3. The van der Waals surface area contributed by atoms with Crippen molar-refractivity contribution < 1.29 is 4.74 Å². The maximum absolute atomic E-state index is 5.66. The topological polar surface area (TPSA) is 9.23 Å². The Morgan fingerprint density at radius 2 is 1.79 bits per heavy atom. The van der Waals surface area contributed by atoms with E-state index in [-0.39, 0.29) is 10.9 Å². The monoisotopic (exact) mass is 402 g/mol. The van der Waals surface area contributed by atoms with E-state index in [0.29, 0.717) is 0 Å². The van der Waals surface area contributed by atoms with E-state index in [0.717, 1.165) is 5.75 Å². The zero-order valence-corrected chi connectivity index (χ0v) is 15.1. The second-order valence-corrected chi connectivity index (χ2v) is 8.02. The molecule has 1 unspecified atom stereocenters. The highest BCUT2D eigenvalue weighted by atomic mass is 79.9. The van der Waals surface area contributed by atoms with Gasteiger partial charge in [-0.3, -0.25) is 0 Å². The number of aryl methyl sites for hydroxylation is 1. The third-order valence-corrected chi connectivity index (χ3v) is 6.20. The predicted molar refractivity (Wildman–Crippen MR) is 89.7 cm³/mol. The molecule has 19 heavy (non-hydrogen) atoms. The van der Waals surface area contributed by atoms with Crippen molar-refractivity contribution >= 4 is 43.2 Å². The summed E-state index contributed by atoms with van der Waals surface area (Å²) in [7, 11) is 0. The van der Waals surface area contributed by atoms with Crippen LogP contribution in [0.15, 0.2) is 34.1 Å². The van der Waals surface area contributed by atoms with Crippen molar-refractivity contribution in [1.29, 1.82) is 0 Å². The first-order valence-corrected chi connectivity index (χ1v) is 8.66. The summed E-state index contributed by atoms with van der Waals surface area (Å²) in [5.74, 6) is 0.919. The van der Waals surface area contributed by atoms with E-state index in [4.69, 9.17) is 4.74 Å². The van der Waals surface area contributed by atoms with Gasteiger partial charge in [-0.1, -0.05) is 28.1 Å². The van der Waals surface area contributed by atoms with Crippen LogP contribution in [0.5, 0.6) is 5.75 Å². The molecule has 1 aromatic heterocycles. The molecule has 1 nitrogen and oxygen atoms in total. The van der Waals surface area contributed by atoms with Crippen LogP contribution in [0.4, 0.5) is 0 Å². The fraction of sp³-hybridized carbons (Fsp3) is 0.333. The van der Waals surface area contributed by atoms with Gasteiger partial charge in [-0.2, -0.15) is 0 Å².